The number of amides is 1. The molecule has 1 unspecified atom stereocenters. The molecule has 1 N–H and O–H groups in total. The Kier molecular flexibility index (Phi) is 3.84. The summed E-state index contributed by atoms with van der Waals surface area (Å²) in [5, 5.41) is 12.4. The zero-order valence-corrected chi connectivity index (χ0v) is 9.62. The Hall–Kier alpha value is -1.62. The van der Waals surface area contributed by atoms with Crippen molar-refractivity contribution in [2.24, 2.45) is 0 Å². The van der Waals surface area contributed by atoms with Gasteiger partial charge in [-0.3, -0.25) is 14.9 Å². The number of nitro benzene ring substituents is 1. The lowest BCUT2D eigenvalue weighted by molar-refractivity contribution is -0.384. The average Bonchev–Trinajstić information content (AvgIpc) is 2.20. The second-order valence-corrected chi connectivity index (χ2v) is 4.02. The first-order valence-electron chi connectivity index (χ1n) is 4.62. The molecule has 0 bridgehead atoms. The van der Waals surface area contributed by atoms with Gasteiger partial charge in [0.25, 0.3) is 5.69 Å². The second-order valence-electron chi connectivity index (χ2n) is 3.36. The smallest absolute Gasteiger partial charge is 0.269 e. The standard InChI is InChI=1S/C10H11ClN2O3/c1-6-5-8(13(15)16)3-4-9(6)12-10(14)7(2)11/h3-5,7H,1-2H3,(H,12,14). The van der Waals surface area contributed by atoms with Crippen molar-refractivity contribution < 1.29 is 9.72 Å². The van der Waals surface area contributed by atoms with Crippen molar-refractivity contribution in [1.29, 1.82) is 0 Å². The quantitative estimate of drug-likeness (QED) is 0.503. The maximum atomic E-state index is 11.3. The van der Waals surface area contributed by atoms with Crippen molar-refractivity contribution in [2.75, 3.05) is 5.32 Å². The van der Waals surface area contributed by atoms with E-state index in [0.29, 0.717) is 11.3 Å². The molecule has 0 aliphatic heterocycles. The van der Waals surface area contributed by atoms with Crippen LogP contribution in [0.25, 0.3) is 0 Å². The topological polar surface area (TPSA) is 72.2 Å². The Labute approximate surface area is 97.6 Å². The number of aryl methyl sites for hydroxylation is 1. The Balaban J connectivity index is 2.91. The van der Waals surface area contributed by atoms with E-state index in [1.165, 1.54) is 18.2 Å². The first kappa shape index (κ1) is 12.4. The monoisotopic (exact) mass is 242 g/mol. The van der Waals surface area contributed by atoms with E-state index in [2.05, 4.69) is 5.32 Å². The molecule has 5 nitrogen and oxygen atoms in total. The number of hydrogen-bond donors (Lipinski definition) is 1. The van der Waals surface area contributed by atoms with E-state index in [1.54, 1.807) is 13.8 Å². The number of nitro groups is 1. The molecule has 0 aliphatic rings. The third-order valence-electron chi connectivity index (χ3n) is 2.04. The number of nitrogens with one attached hydrogen (secondary N) is 1. The van der Waals surface area contributed by atoms with E-state index in [1.807, 2.05) is 0 Å². The molecule has 1 rings (SSSR count). The van der Waals surface area contributed by atoms with Crippen molar-refractivity contribution in [2.45, 2.75) is 19.2 Å². The molecule has 0 saturated heterocycles. The molecule has 86 valence electrons. The molecule has 0 fully saturated rings. The molecule has 0 spiro atoms. The third-order valence-corrected chi connectivity index (χ3v) is 2.24. The number of benzene rings is 1. The summed E-state index contributed by atoms with van der Waals surface area (Å²) in [5.74, 6) is -0.335. The molecule has 1 atom stereocenters. The number of anilines is 1. The molecule has 16 heavy (non-hydrogen) atoms. The van der Waals surface area contributed by atoms with Crippen molar-refractivity contribution in [3.05, 3.63) is 33.9 Å². The molecule has 1 aromatic carbocycles. The summed E-state index contributed by atoms with van der Waals surface area (Å²) in [4.78, 5) is 21.3. The highest BCUT2D eigenvalue weighted by atomic mass is 35.5. The molecule has 0 saturated carbocycles. The molecule has 1 amide bonds. The maximum Gasteiger partial charge on any atom is 0.269 e. The maximum absolute atomic E-state index is 11.3. The van der Waals surface area contributed by atoms with Gasteiger partial charge >= 0.3 is 0 Å². The van der Waals surface area contributed by atoms with E-state index in [-0.39, 0.29) is 11.6 Å². The van der Waals surface area contributed by atoms with Gasteiger partial charge in [0.2, 0.25) is 5.91 Å². The van der Waals surface area contributed by atoms with Gasteiger partial charge in [0.05, 0.1) is 4.92 Å². The number of alkyl halides is 1. The summed E-state index contributed by atoms with van der Waals surface area (Å²) < 4.78 is 0. The summed E-state index contributed by atoms with van der Waals surface area (Å²) in [6.07, 6.45) is 0. The predicted octanol–water partition coefficient (Wildman–Crippen LogP) is 2.47. The van der Waals surface area contributed by atoms with Gasteiger partial charge in [-0.2, -0.15) is 0 Å². The van der Waals surface area contributed by atoms with Crippen LogP contribution in [0.1, 0.15) is 12.5 Å². The summed E-state index contributed by atoms with van der Waals surface area (Å²) in [6, 6.07) is 4.22. The van der Waals surface area contributed by atoms with Crippen LogP contribution >= 0.6 is 11.6 Å². The summed E-state index contributed by atoms with van der Waals surface area (Å²) in [6.45, 7) is 3.24. The number of nitrogens with zero attached hydrogens (tertiary/aromatic N) is 1. The minimum atomic E-state index is -0.644. The van der Waals surface area contributed by atoms with Crippen LogP contribution in [-0.2, 0) is 4.79 Å². The van der Waals surface area contributed by atoms with E-state index in [4.69, 9.17) is 11.6 Å². The fourth-order valence-corrected chi connectivity index (χ4v) is 1.19. The molecular formula is C10H11ClN2O3. The van der Waals surface area contributed by atoms with Gasteiger partial charge in [-0.05, 0) is 25.5 Å². The Morgan fingerprint density at radius 3 is 2.62 bits per heavy atom. The lowest BCUT2D eigenvalue weighted by Gasteiger charge is -2.08. The van der Waals surface area contributed by atoms with Crippen LogP contribution < -0.4 is 5.32 Å². The largest absolute Gasteiger partial charge is 0.325 e. The Morgan fingerprint density at radius 2 is 2.19 bits per heavy atom. The van der Waals surface area contributed by atoms with Gasteiger partial charge in [0.15, 0.2) is 0 Å². The highest BCUT2D eigenvalue weighted by molar-refractivity contribution is 6.32. The molecule has 6 heteroatoms. The minimum absolute atomic E-state index is 0.00517. The van der Waals surface area contributed by atoms with Crippen LogP contribution in [0.3, 0.4) is 0 Å². The van der Waals surface area contributed by atoms with Crippen LogP contribution in [-0.4, -0.2) is 16.2 Å². The third kappa shape index (κ3) is 2.93. The van der Waals surface area contributed by atoms with Gasteiger partial charge in [-0.25, -0.2) is 0 Å². The highest BCUT2D eigenvalue weighted by Crippen LogP contribution is 2.21. The van der Waals surface area contributed by atoms with E-state index >= 15 is 0 Å². The minimum Gasteiger partial charge on any atom is -0.325 e. The zero-order chi connectivity index (χ0) is 12.3. The fourth-order valence-electron chi connectivity index (χ4n) is 1.13. The van der Waals surface area contributed by atoms with Crippen molar-refractivity contribution in [3.63, 3.8) is 0 Å². The lowest BCUT2D eigenvalue weighted by Crippen LogP contribution is -2.20. The van der Waals surface area contributed by atoms with Crippen molar-refractivity contribution in [3.8, 4) is 0 Å². The van der Waals surface area contributed by atoms with Gasteiger partial charge in [-0.1, -0.05) is 0 Å². The average molecular weight is 243 g/mol. The predicted molar refractivity (Wildman–Crippen MR) is 61.8 cm³/mol. The van der Waals surface area contributed by atoms with Crippen molar-refractivity contribution in [1.82, 2.24) is 0 Å². The summed E-state index contributed by atoms with van der Waals surface area (Å²) in [5.41, 5.74) is 1.15. The molecule has 0 aliphatic carbocycles. The van der Waals surface area contributed by atoms with Gasteiger partial charge in [-0.15, -0.1) is 11.6 Å². The molecule has 0 radical (unpaired) electrons. The fraction of sp³-hybridized carbons (Fsp3) is 0.300. The zero-order valence-electron chi connectivity index (χ0n) is 8.86. The van der Waals surface area contributed by atoms with Crippen LogP contribution in [0.2, 0.25) is 0 Å². The number of rotatable bonds is 3. The van der Waals surface area contributed by atoms with Crippen molar-refractivity contribution >= 4 is 28.9 Å². The number of carbonyl (C=O) groups excluding carboxylic acids is 1. The Morgan fingerprint density at radius 1 is 1.56 bits per heavy atom. The number of halogens is 1. The van der Waals surface area contributed by atoms with E-state index in [0.717, 1.165) is 0 Å². The van der Waals surface area contributed by atoms with Crippen LogP contribution in [0.15, 0.2) is 18.2 Å². The lowest BCUT2D eigenvalue weighted by atomic mass is 10.2. The van der Waals surface area contributed by atoms with Gasteiger partial charge in [0.1, 0.15) is 5.38 Å². The molecule has 0 heterocycles. The number of hydrogen-bond acceptors (Lipinski definition) is 3. The van der Waals surface area contributed by atoms with E-state index in [9.17, 15) is 14.9 Å². The summed E-state index contributed by atoms with van der Waals surface area (Å²) >= 11 is 5.59. The first-order valence-corrected chi connectivity index (χ1v) is 5.05. The summed E-state index contributed by atoms with van der Waals surface area (Å²) in [7, 11) is 0. The molecule has 1 aromatic rings. The van der Waals surface area contributed by atoms with E-state index < -0.39 is 10.3 Å². The normalized spacial score (nSPS) is 11.9. The van der Waals surface area contributed by atoms with Gasteiger partial charge in [0, 0.05) is 17.8 Å². The molecular weight excluding hydrogens is 232 g/mol. The second kappa shape index (κ2) is 4.94. The van der Waals surface area contributed by atoms with Crippen LogP contribution in [0.4, 0.5) is 11.4 Å². The van der Waals surface area contributed by atoms with Crippen LogP contribution in [0.5, 0.6) is 0 Å². The number of carbonyl (C=O) groups is 1. The SMILES string of the molecule is Cc1cc([N+](=O)[O-])ccc1NC(=O)C(C)Cl. The van der Waals surface area contributed by atoms with Crippen LogP contribution in [0, 0.1) is 17.0 Å². The molecule has 0 aromatic heterocycles. The highest BCUT2D eigenvalue weighted by Gasteiger charge is 2.12. The number of non-ortho nitro benzene ring substituents is 1. The first-order chi connectivity index (χ1) is 7.41. The van der Waals surface area contributed by atoms with Gasteiger partial charge < -0.3 is 5.32 Å². The Bertz CT molecular complexity index is 432.